The van der Waals surface area contributed by atoms with Gasteiger partial charge in [-0.25, -0.2) is 9.98 Å². The van der Waals surface area contributed by atoms with Crippen LogP contribution in [0.25, 0.3) is 0 Å². The Morgan fingerprint density at radius 3 is 3.00 bits per heavy atom. The van der Waals surface area contributed by atoms with E-state index in [-0.39, 0.29) is 30.1 Å². The summed E-state index contributed by atoms with van der Waals surface area (Å²) in [5.41, 5.74) is 0.978. The first-order valence-corrected chi connectivity index (χ1v) is 8.02. The zero-order valence-electron chi connectivity index (χ0n) is 13.9. The molecule has 0 unspecified atom stereocenters. The molecule has 130 valence electrons. The number of aromatic nitrogens is 1. The number of ether oxygens (including phenoxy) is 1. The first-order chi connectivity index (χ1) is 10.7. The van der Waals surface area contributed by atoms with E-state index in [1.54, 1.807) is 6.20 Å². The minimum absolute atomic E-state index is 0. The van der Waals surface area contributed by atoms with Gasteiger partial charge in [0.25, 0.3) is 0 Å². The summed E-state index contributed by atoms with van der Waals surface area (Å²) >= 11 is 0. The quantitative estimate of drug-likeness (QED) is 0.408. The smallest absolute Gasteiger partial charge is 0.218 e. The molecule has 1 aromatic rings. The van der Waals surface area contributed by atoms with Crippen LogP contribution in [0.4, 0.5) is 0 Å². The Hall–Kier alpha value is -1.09. The summed E-state index contributed by atoms with van der Waals surface area (Å²) in [4.78, 5) is 11.0. The van der Waals surface area contributed by atoms with E-state index < -0.39 is 0 Å². The van der Waals surface area contributed by atoms with Crippen molar-refractivity contribution < 1.29 is 9.84 Å². The van der Waals surface area contributed by atoms with E-state index >= 15 is 0 Å². The second-order valence-corrected chi connectivity index (χ2v) is 5.37. The lowest BCUT2D eigenvalue weighted by molar-refractivity contribution is 0.188. The summed E-state index contributed by atoms with van der Waals surface area (Å²) in [6.07, 6.45) is 3.22. The molecule has 0 aliphatic carbocycles. The van der Waals surface area contributed by atoms with E-state index in [0.717, 1.165) is 37.5 Å². The molecule has 0 amide bonds. The normalized spacial score (nSPS) is 17.8. The molecule has 23 heavy (non-hydrogen) atoms. The van der Waals surface area contributed by atoms with Crippen LogP contribution in [-0.4, -0.2) is 53.3 Å². The predicted octanol–water partition coefficient (Wildman–Crippen LogP) is 2.02. The van der Waals surface area contributed by atoms with Crippen molar-refractivity contribution in [3.63, 3.8) is 0 Å². The van der Waals surface area contributed by atoms with Crippen molar-refractivity contribution in [2.24, 2.45) is 4.99 Å². The van der Waals surface area contributed by atoms with Gasteiger partial charge < -0.3 is 20.1 Å². The van der Waals surface area contributed by atoms with Gasteiger partial charge in [-0.15, -0.1) is 24.0 Å². The van der Waals surface area contributed by atoms with Crippen LogP contribution < -0.4 is 10.1 Å². The van der Waals surface area contributed by atoms with E-state index in [2.05, 4.69) is 27.1 Å². The summed E-state index contributed by atoms with van der Waals surface area (Å²) in [6, 6.07) is 3.89. The molecule has 1 fully saturated rings. The second-order valence-electron chi connectivity index (χ2n) is 5.37. The number of guanidine groups is 1. The fraction of sp³-hybridized carbons (Fsp3) is 0.625. The number of nitrogens with one attached hydrogen (secondary N) is 1. The highest BCUT2D eigenvalue weighted by molar-refractivity contribution is 14.0. The Morgan fingerprint density at radius 2 is 2.35 bits per heavy atom. The van der Waals surface area contributed by atoms with Crippen molar-refractivity contribution in [3.05, 3.63) is 23.9 Å². The summed E-state index contributed by atoms with van der Waals surface area (Å²) in [5, 5.41) is 13.0. The highest BCUT2D eigenvalue weighted by Crippen LogP contribution is 2.16. The Morgan fingerprint density at radius 1 is 1.52 bits per heavy atom. The minimum atomic E-state index is -0.259. The lowest BCUT2D eigenvalue weighted by Crippen LogP contribution is -2.40. The van der Waals surface area contributed by atoms with Gasteiger partial charge in [0.15, 0.2) is 5.96 Å². The third-order valence-electron chi connectivity index (χ3n) is 3.49. The molecule has 0 spiro atoms. The molecule has 1 aliphatic rings. The fourth-order valence-electron chi connectivity index (χ4n) is 2.39. The molecule has 7 heteroatoms. The van der Waals surface area contributed by atoms with Crippen LogP contribution in [0.15, 0.2) is 23.3 Å². The number of likely N-dealkylation sites (tertiary alicyclic amines) is 1. The van der Waals surface area contributed by atoms with Crippen LogP contribution in [0.2, 0.25) is 0 Å². The van der Waals surface area contributed by atoms with Crippen molar-refractivity contribution in [1.82, 2.24) is 15.2 Å². The highest BCUT2D eigenvalue weighted by atomic mass is 127. The van der Waals surface area contributed by atoms with Gasteiger partial charge in [0.1, 0.15) is 0 Å². The van der Waals surface area contributed by atoms with Crippen LogP contribution in [0, 0.1) is 0 Å². The van der Waals surface area contributed by atoms with Gasteiger partial charge in [0.05, 0.1) is 19.3 Å². The van der Waals surface area contributed by atoms with Crippen molar-refractivity contribution in [3.8, 4) is 5.88 Å². The van der Waals surface area contributed by atoms with Crippen molar-refractivity contribution in [2.75, 3.05) is 26.2 Å². The molecule has 1 aliphatic heterocycles. The average molecular weight is 434 g/mol. The van der Waals surface area contributed by atoms with Gasteiger partial charge in [0.2, 0.25) is 5.88 Å². The van der Waals surface area contributed by atoms with Gasteiger partial charge in [-0.1, -0.05) is 13.0 Å². The Kier molecular flexibility index (Phi) is 9.23. The molecule has 0 saturated carbocycles. The van der Waals surface area contributed by atoms with E-state index in [1.165, 1.54) is 0 Å². The number of nitrogens with zero attached hydrogens (tertiary/aromatic N) is 3. The van der Waals surface area contributed by atoms with Crippen LogP contribution in [-0.2, 0) is 6.54 Å². The van der Waals surface area contributed by atoms with Gasteiger partial charge in [-0.3, -0.25) is 0 Å². The molecular weight excluding hydrogens is 407 g/mol. The van der Waals surface area contributed by atoms with Gasteiger partial charge in [-0.05, 0) is 25.8 Å². The molecular formula is C16H27IN4O2. The Balaban J connectivity index is 0.00000264. The minimum Gasteiger partial charge on any atom is -0.477 e. The van der Waals surface area contributed by atoms with Crippen molar-refractivity contribution in [1.29, 1.82) is 0 Å². The van der Waals surface area contributed by atoms with E-state index in [9.17, 15) is 5.11 Å². The van der Waals surface area contributed by atoms with Crippen LogP contribution in [0.5, 0.6) is 5.88 Å². The summed E-state index contributed by atoms with van der Waals surface area (Å²) in [7, 11) is 0. The number of aliphatic imine (C=N–C) groups is 1. The van der Waals surface area contributed by atoms with Gasteiger partial charge in [0, 0.05) is 31.4 Å². The molecule has 2 heterocycles. The molecule has 0 radical (unpaired) electrons. The lowest BCUT2D eigenvalue weighted by Gasteiger charge is -2.21. The standard InChI is InChI=1S/C16H26N4O2.HI/c1-3-10-22-15-13(6-5-8-18-15)11-19-16(17-4-2)20-9-7-14(21)12-20;/h5-6,8,14,21H,3-4,7,9-12H2,1-2H3,(H,17,19);1H/t14-;/m1./s1. The van der Waals surface area contributed by atoms with E-state index in [4.69, 9.17) is 4.74 Å². The summed E-state index contributed by atoms with van der Waals surface area (Å²) in [5.74, 6) is 1.50. The number of aliphatic hydroxyl groups excluding tert-OH is 1. The maximum atomic E-state index is 9.69. The first-order valence-electron chi connectivity index (χ1n) is 8.02. The molecule has 1 aromatic heterocycles. The topological polar surface area (TPSA) is 70.0 Å². The molecule has 6 nitrogen and oxygen atoms in total. The maximum Gasteiger partial charge on any atom is 0.218 e. The average Bonchev–Trinajstić information content (AvgIpc) is 2.96. The third-order valence-corrected chi connectivity index (χ3v) is 3.49. The van der Waals surface area contributed by atoms with Crippen molar-refractivity contribution in [2.45, 2.75) is 39.3 Å². The zero-order chi connectivity index (χ0) is 15.8. The molecule has 1 saturated heterocycles. The lowest BCUT2D eigenvalue weighted by atomic mass is 10.3. The van der Waals surface area contributed by atoms with Crippen LogP contribution in [0.3, 0.4) is 0 Å². The highest BCUT2D eigenvalue weighted by Gasteiger charge is 2.22. The van der Waals surface area contributed by atoms with Crippen molar-refractivity contribution >= 4 is 29.9 Å². The molecule has 2 N–H and O–H groups in total. The van der Waals surface area contributed by atoms with Crippen LogP contribution >= 0.6 is 24.0 Å². The SMILES string of the molecule is CCCOc1ncccc1CN=C(NCC)N1CC[C@@H](O)C1.I. The van der Waals surface area contributed by atoms with Gasteiger partial charge >= 0.3 is 0 Å². The maximum absolute atomic E-state index is 9.69. The summed E-state index contributed by atoms with van der Waals surface area (Å²) in [6.45, 7) is 7.56. The number of aliphatic hydroxyl groups is 1. The number of hydrogen-bond donors (Lipinski definition) is 2. The molecule has 2 rings (SSSR count). The van der Waals surface area contributed by atoms with E-state index in [0.29, 0.717) is 25.6 Å². The Bertz CT molecular complexity index is 499. The van der Waals surface area contributed by atoms with Gasteiger partial charge in [-0.2, -0.15) is 0 Å². The Labute approximate surface area is 155 Å². The molecule has 1 atom stereocenters. The van der Waals surface area contributed by atoms with Crippen LogP contribution in [0.1, 0.15) is 32.3 Å². The number of pyridine rings is 1. The largest absolute Gasteiger partial charge is 0.477 e. The van der Waals surface area contributed by atoms with E-state index in [1.807, 2.05) is 19.1 Å². The number of hydrogen-bond acceptors (Lipinski definition) is 4. The first kappa shape index (κ1) is 20.0. The third kappa shape index (κ3) is 6.14. The zero-order valence-corrected chi connectivity index (χ0v) is 16.2. The monoisotopic (exact) mass is 434 g/mol. The predicted molar refractivity (Wildman–Crippen MR) is 102 cm³/mol. The summed E-state index contributed by atoms with van der Waals surface area (Å²) < 4.78 is 5.67. The number of halogens is 1. The second kappa shape index (κ2) is 10.6. The molecule has 0 bridgehead atoms. The fourth-order valence-corrected chi connectivity index (χ4v) is 2.39. The number of rotatable bonds is 6. The molecule has 0 aromatic carbocycles. The number of β-amino-alcohol motifs (C(OH)–C–C–N with tert-alkyl or cyclic N) is 1.